The SMILES string of the molecule is N#Cc1ccc(NC(=O)c2cc3ccccc3cn2)c(C(=O)O)c1. The van der Waals surface area contributed by atoms with Gasteiger partial charge in [0.2, 0.25) is 0 Å². The maximum absolute atomic E-state index is 12.4. The first-order valence-electron chi connectivity index (χ1n) is 7.02. The maximum Gasteiger partial charge on any atom is 0.337 e. The van der Waals surface area contributed by atoms with Gasteiger partial charge in [-0.15, -0.1) is 0 Å². The van der Waals surface area contributed by atoms with E-state index in [2.05, 4.69) is 10.3 Å². The van der Waals surface area contributed by atoms with Crippen molar-refractivity contribution < 1.29 is 14.7 Å². The standard InChI is InChI=1S/C18H11N3O3/c19-9-11-5-6-15(14(7-11)18(23)24)21-17(22)16-8-12-3-1-2-4-13(12)10-20-16/h1-8,10H,(H,21,22)(H,23,24). The van der Waals surface area contributed by atoms with E-state index >= 15 is 0 Å². The predicted octanol–water partition coefficient (Wildman–Crippen LogP) is 3.06. The maximum atomic E-state index is 12.4. The first kappa shape index (κ1) is 15.2. The summed E-state index contributed by atoms with van der Waals surface area (Å²) in [6.07, 6.45) is 1.58. The molecule has 0 fully saturated rings. The highest BCUT2D eigenvalue weighted by Crippen LogP contribution is 2.19. The van der Waals surface area contributed by atoms with E-state index in [1.807, 2.05) is 30.3 Å². The van der Waals surface area contributed by atoms with Crippen LogP contribution in [0.1, 0.15) is 26.4 Å². The van der Waals surface area contributed by atoms with Crippen LogP contribution in [-0.2, 0) is 0 Å². The topological polar surface area (TPSA) is 103 Å². The van der Waals surface area contributed by atoms with Crippen LogP contribution in [0.2, 0.25) is 0 Å². The molecule has 24 heavy (non-hydrogen) atoms. The lowest BCUT2D eigenvalue weighted by molar-refractivity contribution is 0.0698. The van der Waals surface area contributed by atoms with Crippen molar-refractivity contribution in [3.05, 3.63) is 71.5 Å². The van der Waals surface area contributed by atoms with Crippen LogP contribution < -0.4 is 5.32 Å². The molecule has 2 aromatic carbocycles. The average Bonchev–Trinajstić information content (AvgIpc) is 2.61. The number of hydrogen-bond acceptors (Lipinski definition) is 4. The van der Waals surface area contributed by atoms with Crippen LogP contribution in [0.4, 0.5) is 5.69 Å². The van der Waals surface area contributed by atoms with Gasteiger partial charge in [0.1, 0.15) is 5.69 Å². The van der Waals surface area contributed by atoms with E-state index in [0.717, 1.165) is 10.8 Å². The second kappa shape index (κ2) is 6.18. The quantitative estimate of drug-likeness (QED) is 0.772. The molecular weight excluding hydrogens is 306 g/mol. The van der Waals surface area contributed by atoms with Gasteiger partial charge in [0.25, 0.3) is 5.91 Å². The Bertz CT molecular complexity index is 1010. The summed E-state index contributed by atoms with van der Waals surface area (Å²) in [5, 5.41) is 22.4. The van der Waals surface area contributed by atoms with Crippen LogP contribution >= 0.6 is 0 Å². The minimum Gasteiger partial charge on any atom is -0.478 e. The van der Waals surface area contributed by atoms with E-state index in [-0.39, 0.29) is 22.5 Å². The van der Waals surface area contributed by atoms with Gasteiger partial charge in [-0.05, 0) is 29.7 Å². The molecule has 0 radical (unpaired) electrons. The molecule has 1 heterocycles. The number of rotatable bonds is 3. The van der Waals surface area contributed by atoms with Crippen molar-refractivity contribution in [3.63, 3.8) is 0 Å². The van der Waals surface area contributed by atoms with Gasteiger partial charge >= 0.3 is 5.97 Å². The number of carboxylic acid groups (broad SMARTS) is 1. The molecule has 6 nitrogen and oxygen atoms in total. The zero-order chi connectivity index (χ0) is 17.1. The third-order valence-electron chi connectivity index (χ3n) is 3.49. The Hall–Kier alpha value is -3.72. The van der Waals surface area contributed by atoms with Crippen molar-refractivity contribution in [1.82, 2.24) is 4.98 Å². The van der Waals surface area contributed by atoms with Crippen molar-refractivity contribution >= 4 is 28.3 Å². The smallest absolute Gasteiger partial charge is 0.337 e. The molecule has 3 rings (SSSR count). The number of pyridine rings is 1. The summed E-state index contributed by atoms with van der Waals surface area (Å²) in [5.74, 6) is -1.75. The van der Waals surface area contributed by atoms with Gasteiger partial charge in [0, 0.05) is 11.6 Å². The van der Waals surface area contributed by atoms with E-state index in [4.69, 9.17) is 5.26 Å². The number of hydrogen-bond donors (Lipinski definition) is 2. The molecule has 0 saturated carbocycles. The Morgan fingerprint density at radius 2 is 1.83 bits per heavy atom. The van der Waals surface area contributed by atoms with Crippen molar-refractivity contribution in [2.75, 3.05) is 5.32 Å². The van der Waals surface area contributed by atoms with Crippen molar-refractivity contribution in [2.24, 2.45) is 0 Å². The largest absolute Gasteiger partial charge is 0.478 e. The second-order valence-corrected chi connectivity index (χ2v) is 5.05. The Labute approximate surface area is 137 Å². The highest BCUT2D eigenvalue weighted by molar-refractivity contribution is 6.08. The fourth-order valence-corrected chi connectivity index (χ4v) is 2.29. The number of nitrogens with one attached hydrogen (secondary N) is 1. The monoisotopic (exact) mass is 317 g/mol. The van der Waals surface area contributed by atoms with E-state index in [0.29, 0.717) is 0 Å². The Morgan fingerprint density at radius 1 is 1.08 bits per heavy atom. The minimum atomic E-state index is -1.23. The number of anilines is 1. The highest BCUT2D eigenvalue weighted by Gasteiger charge is 2.15. The molecule has 6 heteroatoms. The molecule has 0 unspecified atom stereocenters. The molecule has 1 aromatic heterocycles. The number of benzene rings is 2. The molecule has 0 aliphatic carbocycles. The number of amides is 1. The number of aromatic nitrogens is 1. The summed E-state index contributed by atoms with van der Waals surface area (Å²) in [7, 11) is 0. The Kier molecular flexibility index (Phi) is 3.91. The molecule has 0 bridgehead atoms. The van der Waals surface area contributed by atoms with E-state index < -0.39 is 11.9 Å². The first-order chi connectivity index (χ1) is 11.6. The van der Waals surface area contributed by atoms with Crippen LogP contribution in [-0.4, -0.2) is 22.0 Å². The molecule has 0 atom stereocenters. The van der Waals surface area contributed by atoms with Gasteiger partial charge in [0.05, 0.1) is 22.9 Å². The molecule has 0 aliphatic rings. The van der Waals surface area contributed by atoms with Crippen LogP contribution in [0.25, 0.3) is 10.8 Å². The molecule has 0 saturated heterocycles. The van der Waals surface area contributed by atoms with Gasteiger partial charge in [-0.1, -0.05) is 24.3 Å². The van der Waals surface area contributed by atoms with Crippen LogP contribution in [0.15, 0.2) is 54.7 Å². The number of carbonyl (C=O) groups excluding carboxylic acids is 1. The number of nitrogens with zero attached hydrogens (tertiary/aromatic N) is 2. The van der Waals surface area contributed by atoms with Gasteiger partial charge in [0.15, 0.2) is 0 Å². The van der Waals surface area contributed by atoms with Gasteiger partial charge < -0.3 is 10.4 Å². The molecule has 0 spiro atoms. The third kappa shape index (κ3) is 2.91. The molecule has 116 valence electrons. The number of carboxylic acids is 1. The summed E-state index contributed by atoms with van der Waals surface area (Å²) in [6.45, 7) is 0. The normalized spacial score (nSPS) is 10.1. The van der Waals surface area contributed by atoms with Crippen LogP contribution in [0, 0.1) is 11.3 Å². The number of fused-ring (bicyclic) bond motifs is 1. The number of aromatic carboxylic acids is 1. The van der Waals surface area contributed by atoms with E-state index in [1.54, 1.807) is 12.3 Å². The molecule has 0 aliphatic heterocycles. The van der Waals surface area contributed by atoms with E-state index in [9.17, 15) is 14.7 Å². The van der Waals surface area contributed by atoms with Crippen molar-refractivity contribution in [3.8, 4) is 6.07 Å². The fraction of sp³-hybridized carbons (Fsp3) is 0. The summed E-state index contributed by atoms with van der Waals surface area (Å²) in [6, 6.07) is 15.0. The lowest BCUT2D eigenvalue weighted by Crippen LogP contribution is -2.16. The Balaban J connectivity index is 1.94. The van der Waals surface area contributed by atoms with Gasteiger partial charge in [-0.3, -0.25) is 9.78 Å². The third-order valence-corrected chi connectivity index (χ3v) is 3.49. The zero-order valence-corrected chi connectivity index (χ0v) is 12.4. The van der Waals surface area contributed by atoms with Gasteiger partial charge in [-0.2, -0.15) is 5.26 Å². The summed E-state index contributed by atoms with van der Waals surface area (Å²) >= 11 is 0. The molecule has 1 amide bonds. The van der Waals surface area contributed by atoms with Gasteiger partial charge in [-0.25, -0.2) is 4.79 Å². The predicted molar refractivity (Wildman–Crippen MR) is 87.8 cm³/mol. The molecular formula is C18H11N3O3. The molecule has 3 aromatic rings. The zero-order valence-electron chi connectivity index (χ0n) is 12.4. The van der Waals surface area contributed by atoms with Crippen LogP contribution in [0.5, 0.6) is 0 Å². The van der Waals surface area contributed by atoms with Crippen molar-refractivity contribution in [2.45, 2.75) is 0 Å². The minimum absolute atomic E-state index is 0.112. The summed E-state index contributed by atoms with van der Waals surface area (Å²) in [5.41, 5.74) is 0.341. The number of carbonyl (C=O) groups is 2. The van der Waals surface area contributed by atoms with E-state index in [1.165, 1.54) is 18.2 Å². The van der Waals surface area contributed by atoms with Crippen LogP contribution in [0.3, 0.4) is 0 Å². The Morgan fingerprint density at radius 3 is 2.54 bits per heavy atom. The van der Waals surface area contributed by atoms with Crippen molar-refractivity contribution in [1.29, 1.82) is 5.26 Å². The fourth-order valence-electron chi connectivity index (χ4n) is 2.29. The first-order valence-corrected chi connectivity index (χ1v) is 7.02. The second-order valence-electron chi connectivity index (χ2n) is 5.05. The number of nitriles is 1. The summed E-state index contributed by atoms with van der Waals surface area (Å²) in [4.78, 5) is 27.8. The highest BCUT2D eigenvalue weighted by atomic mass is 16.4. The lowest BCUT2D eigenvalue weighted by atomic mass is 10.1. The molecule has 2 N–H and O–H groups in total. The summed E-state index contributed by atoms with van der Waals surface area (Å²) < 4.78 is 0. The average molecular weight is 317 g/mol. The lowest BCUT2D eigenvalue weighted by Gasteiger charge is -2.09.